The molecule has 2 unspecified atom stereocenters. The Bertz CT molecular complexity index is 621. The van der Waals surface area contributed by atoms with E-state index < -0.39 is 0 Å². The Labute approximate surface area is 185 Å². The van der Waals surface area contributed by atoms with Crippen LogP contribution in [0.1, 0.15) is 45.1 Å². The van der Waals surface area contributed by atoms with E-state index in [4.69, 9.17) is 11.6 Å². The van der Waals surface area contributed by atoms with Gasteiger partial charge in [0.2, 0.25) is 5.91 Å². The lowest BCUT2D eigenvalue weighted by Crippen LogP contribution is -2.46. The summed E-state index contributed by atoms with van der Waals surface area (Å²) in [6.07, 6.45) is 1.99. The summed E-state index contributed by atoms with van der Waals surface area (Å²) in [5.74, 6) is 1.47. The first-order valence-corrected chi connectivity index (χ1v) is 9.83. The molecule has 152 valence electrons. The molecule has 1 heterocycles. The lowest BCUT2D eigenvalue weighted by Gasteiger charge is -2.22. The first-order valence-electron chi connectivity index (χ1n) is 9.46. The normalized spacial score (nSPS) is 18.2. The van der Waals surface area contributed by atoms with Gasteiger partial charge in [0.15, 0.2) is 5.96 Å². The van der Waals surface area contributed by atoms with E-state index in [1.54, 1.807) is 7.05 Å². The molecule has 1 aliphatic heterocycles. The molecule has 27 heavy (non-hydrogen) atoms. The molecular formula is C20H32ClIN4O. The Morgan fingerprint density at radius 1 is 1.33 bits per heavy atom. The average Bonchev–Trinajstić information content (AvgIpc) is 3.10. The lowest BCUT2D eigenvalue weighted by atomic mass is 9.96. The number of nitrogens with one attached hydrogen (secondary N) is 2. The molecule has 1 amide bonds. The van der Waals surface area contributed by atoms with Crippen LogP contribution in [0.25, 0.3) is 0 Å². The van der Waals surface area contributed by atoms with Gasteiger partial charge in [0.25, 0.3) is 0 Å². The Morgan fingerprint density at radius 3 is 2.56 bits per heavy atom. The molecule has 0 aliphatic carbocycles. The van der Waals surface area contributed by atoms with Crippen LogP contribution >= 0.6 is 35.6 Å². The van der Waals surface area contributed by atoms with Crippen molar-refractivity contribution < 1.29 is 4.79 Å². The fourth-order valence-electron chi connectivity index (χ4n) is 3.28. The number of aliphatic imine (C=N–C) groups is 1. The van der Waals surface area contributed by atoms with Gasteiger partial charge in [-0.15, -0.1) is 24.0 Å². The summed E-state index contributed by atoms with van der Waals surface area (Å²) in [5.41, 5.74) is 1.27. The Kier molecular flexibility index (Phi) is 10.4. The molecule has 0 radical (unpaired) electrons. The summed E-state index contributed by atoms with van der Waals surface area (Å²) >= 11 is 5.99. The molecule has 1 saturated heterocycles. The number of amides is 1. The maximum Gasteiger partial charge on any atom is 0.225 e. The zero-order valence-corrected chi connectivity index (χ0v) is 19.8. The van der Waals surface area contributed by atoms with Crippen molar-refractivity contribution in [1.82, 2.24) is 15.5 Å². The van der Waals surface area contributed by atoms with Gasteiger partial charge in [-0.2, -0.15) is 0 Å². The molecule has 0 saturated carbocycles. The number of likely N-dealkylation sites (tertiary alicyclic amines) is 1. The molecule has 7 heteroatoms. The third kappa shape index (κ3) is 7.14. The molecule has 0 spiro atoms. The molecule has 1 fully saturated rings. The lowest BCUT2D eigenvalue weighted by molar-refractivity contribution is -0.133. The van der Waals surface area contributed by atoms with E-state index in [0.29, 0.717) is 5.92 Å². The maximum atomic E-state index is 12.1. The van der Waals surface area contributed by atoms with Gasteiger partial charge < -0.3 is 15.5 Å². The van der Waals surface area contributed by atoms with Gasteiger partial charge >= 0.3 is 0 Å². The van der Waals surface area contributed by atoms with E-state index in [0.717, 1.165) is 43.5 Å². The highest BCUT2D eigenvalue weighted by Gasteiger charge is 2.28. The Morgan fingerprint density at radius 2 is 2.00 bits per heavy atom. The predicted molar refractivity (Wildman–Crippen MR) is 124 cm³/mol. The van der Waals surface area contributed by atoms with Crippen molar-refractivity contribution in [2.24, 2.45) is 10.9 Å². The number of hydrogen-bond acceptors (Lipinski definition) is 2. The summed E-state index contributed by atoms with van der Waals surface area (Å²) in [6.45, 7) is 8.44. The van der Waals surface area contributed by atoms with Crippen molar-refractivity contribution in [3.63, 3.8) is 0 Å². The molecule has 2 rings (SSSR count). The standard InChI is InChI=1S/C20H31ClN4O.HI/c1-5-15(16-6-8-17(21)9-7-16)12-23-20(22-4)24-18-10-11-25(13-18)19(26)14(2)3;/h6-9,14-15,18H,5,10-13H2,1-4H3,(H2,22,23,24);1H. The van der Waals surface area contributed by atoms with Gasteiger partial charge in [-0.05, 0) is 30.5 Å². The largest absolute Gasteiger partial charge is 0.356 e. The van der Waals surface area contributed by atoms with E-state index in [9.17, 15) is 4.79 Å². The average molecular weight is 507 g/mol. The first-order chi connectivity index (χ1) is 12.4. The highest BCUT2D eigenvalue weighted by Crippen LogP contribution is 2.21. The van der Waals surface area contributed by atoms with E-state index in [1.165, 1.54) is 5.56 Å². The van der Waals surface area contributed by atoms with E-state index in [1.807, 2.05) is 30.9 Å². The van der Waals surface area contributed by atoms with Gasteiger partial charge in [-0.3, -0.25) is 9.79 Å². The minimum Gasteiger partial charge on any atom is -0.356 e. The zero-order valence-electron chi connectivity index (χ0n) is 16.7. The van der Waals surface area contributed by atoms with Crippen LogP contribution in [-0.4, -0.2) is 49.5 Å². The van der Waals surface area contributed by atoms with Gasteiger partial charge in [0.1, 0.15) is 0 Å². The number of hydrogen-bond donors (Lipinski definition) is 2. The Balaban J connectivity index is 0.00000364. The summed E-state index contributed by atoms with van der Waals surface area (Å²) in [6, 6.07) is 8.29. The molecule has 2 atom stereocenters. The molecule has 1 aromatic rings. The van der Waals surface area contributed by atoms with E-state index >= 15 is 0 Å². The summed E-state index contributed by atoms with van der Waals surface area (Å²) in [7, 11) is 1.78. The quantitative estimate of drug-likeness (QED) is 0.350. The van der Waals surface area contributed by atoms with Crippen LogP contribution in [0.3, 0.4) is 0 Å². The fraction of sp³-hybridized carbons (Fsp3) is 0.600. The molecule has 2 N–H and O–H groups in total. The number of halogens is 2. The first kappa shape index (κ1) is 24.0. The van der Waals surface area contributed by atoms with Crippen molar-refractivity contribution >= 4 is 47.4 Å². The van der Waals surface area contributed by atoms with Crippen LogP contribution in [0, 0.1) is 5.92 Å². The highest BCUT2D eigenvalue weighted by molar-refractivity contribution is 14.0. The minimum atomic E-state index is 0. The highest BCUT2D eigenvalue weighted by atomic mass is 127. The van der Waals surface area contributed by atoms with Crippen LogP contribution in [0.5, 0.6) is 0 Å². The van der Waals surface area contributed by atoms with Crippen molar-refractivity contribution in [3.05, 3.63) is 34.9 Å². The van der Waals surface area contributed by atoms with Crippen LogP contribution in [0.15, 0.2) is 29.3 Å². The number of carbonyl (C=O) groups excluding carboxylic acids is 1. The third-order valence-electron chi connectivity index (χ3n) is 4.91. The molecular weight excluding hydrogens is 475 g/mol. The van der Waals surface area contributed by atoms with Gasteiger partial charge in [-0.25, -0.2) is 0 Å². The summed E-state index contributed by atoms with van der Waals surface area (Å²) in [5, 5.41) is 7.64. The van der Waals surface area contributed by atoms with Crippen LogP contribution in [0.4, 0.5) is 0 Å². The second kappa shape index (κ2) is 11.7. The fourth-order valence-corrected chi connectivity index (χ4v) is 3.41. The second-order valence-electron chi connectivity index (χ2n) is 7.18. The Hall–Kier alpha value is -1.02. The molecule has 5 nitrogen and oxygen atoms in total. The number of benzene rings is 1. The van der Waals surface area contributed by atoms with Gasteiger partial charge in [0.05, 0.1) is 0 Å². The van der Waals surface area contributed by atoms with Crippen LogP contribution in [-0.2, 0) is 4.79 Å². The predicted octanol–water partition coefficient (Wildman–Crippen LogP) is 3.87. The SMILES string of the molecule is CCC(CNC(=NC)NC1CCN(C(=O)C(C)C)C1)c1ccc(Cl)cc1.I. The van der Waals surface area contributed by atoms with E-state index in [-0.39, 0.29) is 41.8 Å². The number of rotatable bonds is 6. The molecule has 1 aromatic carbocycles. The van der Waals surface area contributed by atoms with Crippen molar-refractivity contribution in [2.45, 2.75) is 45.6 Å². The van der Waals surface area contributed by atoms with Crippen molar-refractivity contribution in [2.75, 3.05) is 26.7 Å². The zero-order chi connectivity index (χ0) is 19.1. The van der Waals surface area contributed by atoms with Crippen molar-refractivity contribution in [1.29, 1.82) is 0 Å². The number of carbonyl (C=O) groups is 1. The summed E-state index contributed by atoms with van der Waals surface area (Å²) in [4.78, 5) is 18.4. The van der Waals surface area contributed by atoms with Crippen molar-refractivity contribution in [3.8, 4) is 0 Å². The topological polar surface area (TPSA) is 56.7 Å². The molecule has 0 aromatic heterocycles. The van der Waals surface area contributed by atoms with Gasteiger partial charge in [-0.1, -0.05) is 44.5 Å². The second-order valence-corrected chi connectivity index (χ2v) is 7.62. The summed E-state index contributed by atoms with van der Waals surface area (Å²) < 4.78 is 0. The maximum absolute atomic E-state index is 12.1. The monoisotopic (exact) mass is 506 g/mol. The minimum absolute atomic E-state index is 0. The van der Waals surface area contributed by atoms with Crippen LogP contribution < -0.4 is 10.6 Å². The smallest absolute Gasteiger partial charge is 0.225 e. The number of nitrogens with zero attached hydrogens (tertiary/aromatic N) is 2. The molecule has 1 aliphatic rings. The van der Waals surface area contributed by atoms with E-state index in [2.05, 4.69) is 34.7 Å². The third-order valence-corrected chi connectivity index (χ3v) is 5.16. The van der Waals surface area contributed by atoms with Gasteiger partial charge in [0, 0.05) is 49.6 Å². The molecule has 0 bridgehead atoms. The number of guanidine groups is 1. The van der Waals surface area contributed by atoms with Crippen LogP contribution in [0.2, 0.25) is 5.02 Å².